The number of carbonyl (C=O) groups excluding carboxylic acids is 4. The van der Waals surface area contributed by atoms with Gasteiger partial charge < -0.3 is 26.6 Å². The van der Waals surface area contributed by atoms with Crippen LogP contribution in [0.25, 0.3) is 5.57 Å². The van der Waals surface area contributed by atoms with Crippen LogP contribution in [0.15, 0.2) is 78.5 Å². The Labute approximate surface area is 235 Å². The first-order chi connectivity index (χ1) is 19.1. The number of hydrogen-bond donors (Lipinski definition) is 5. The topological polar surface area (TPSA) is 128 Å². The number of amides is 4. The number of benzene rings is 2. The molecule has 4 amide bonds. The Kier molecular flexibility index (Phi) is 11.1. The second-order valence-electron chi connectivity index (χ2n) is 10.6. The number of dihydropyridines is 1. The van der Waals surface area contributed by atoms with Crippen molar-refractivity contribution in [2.24, 2.45) is 0 Å². The number of carbonyl (C=O) groups is 4. The highest BCUT2D eigenvalue weighted by molar-refractivity contribution is 5.97. The van der Waals surface area contributed by atoms with Gasteiger partial charge in [-0.05, 0) is 50.0 Å². The maximum Gasteiger partial charge on any atom is 0.267 e. The first-order valence-corrected chi connectivity index (χ1v) is 13.5. The van der Waals surface area contributed by atoms with Gasteiger partial charge in [-0.2, -0.15) is 0 Å². The smallest absolute Gasteiger partial charge is 0.267 e. The molecule has 2 aromatic carbocycles. The minimum atomic E-state index is -1.04. The minimum Gasteiger partial charge on any atom is -0.377 e. The lowest BCUT2D eigenvalue weighted by atomic mass is 10.0. The summed E-state index contributed by atoms with van der Waals surface area (Å²) in [5.74, 6) is -1.44. The summed E-state index contributed by atoms with van der Waals surface area (Å²) in [7, 11) is 0. The molecule has 40 heavy (non-hydrogen) atoms. The van der Waals surface area contributed by atoms with Crippen LogP contribution < -0.4 is 26.6 Å². The van der Waals surface area contributed by atoms with Crippen LogP contribution in [0, 0.1) is 0 Å². The molecule has 2 aromatic rings. The van der Waals surface area contributed by atoms with Gasteiger partial charge >= 0.3 is 0 Å². The molecule has 212 valence electrons. The largest absolute Gasteiger partial charge is 0.377 e. The van der Waals surface area contributed by atoms with Gasteiger partial charge in [0.1, 0.15) is 11.7 Å². The van der Waals surface area contributed by atoms with E-state index in [0.29, 0.717) is 18.7 Å². The van der Waals surface area contributed by atoms with Gasteiger partial charge in [-0.3, -0.25) is 19.2 Å². The third-order valence-corrected chi connectivity index (χ3v) is 6.02. The second kappa shape index (κ2) is 14.7. The van der Waals surface area contributed by atoms with Crippen molar-refractivity contribution in [3.8, 4) is 0 Å². The summed E-state index contributed by atoms with van der Waals surface area (Å²) in [6.07, 6.45) is 4.31. The van der Waals surface area contributed by atoms with Crippen molar-refractivity contribution in [3.63, 3.8) is 0 Å². The summed E-state index contributed by atoms with van der Waals surface area (Å²) in [6.45, 7) is 6.37. The van der Waals surface area contributed by atoms with Crippen LogP contribution in [-0.4, -0.2) is 54.8 Å². The number of nitrogens with one attached hydrogen (secondary N) is 5. The van der Waals surface area contributed by atoms with Crippen molar-refractivity contribution in [1.29, 1.82) is 0 Å². The molecule has 1 atom stereocenters. The number of aryl methyl sites for hydroxylation is 1. The normalized spacial score (nSPS) is 13.6. The molecular weight excluding hydrogens is 506 g/mol. The number of hydrogen-bond acceptors (Lipinski definition) is 5. The average Bonchev–Trinajstić information content (AvgIpc) is 2.93. The van der Waals surface area contributed by atoms with Gasteiger partial charge in [0.25, 0.3) is 5.91 Å². The van der Waals surface area contributed by atoms with Gasteiger partial charge in [-0.15, -0.1) is 0 Å². The molecule has 0 saturated carbocycles. The van der Waals surface area contributed by atoms with E-state index in [1.807, 2.05) is 87.5 Å². The predicted octanol–water partition coefficient (Wildman–Crippen LogP) is 2.21. The first-order valence-electron chi connectivity index (χ1n) is 13.5. The molecule has 0 spiro atoms. The Morgan fingerprint density at radius 3 is 2.20 bits per heavy atom. The maximum absolute atomic E-state index is 13.0. The third-order valence-electron chi connectivity index (χ3n) is 6.02. The van der Waals surface area contributed by atoms with Crippen LogP contribution in [0.2, 0.25) is 0 Å². The van der Waals surface area contributed by atoms with Crippen molar-refractivity contribution in [3.05, 3.63) is 89.6 Å². The molecule has 0 fully saturated rings. The van der Waals surface area contributed by atoms with Crippen LogP contribution in [-0.2, 0) is 25.6 Å². The molecule has 1 aliphatic rings. The van der Waals surface area contributed by atoms with Crippen LogP contribution in [0.1, 0.15) is 44.7 Å². The molecule has 1 aliphatic heterocycles. The van der Waals surface area contributed by atoms with Gasteiger partial charge in [0.05, 0.1) is 6.42 Å². The predicted molar refractivity (Wildman–Crippen MR) is 156 cm³/mol. The molecule has 9 heteroatoms. The fourth-order valence-corrected chi connectivity index (χ4v) is 4.13. The summed E-state index contributed by atoms with van der Waals surface area (Å²) in [6, 6.07) is 18.3. The Hall–Kier alpha value is -4.40. The third kappa shape index (κ3) is 10.4. The lowest BCUT2D eigenvalue weighted by molar-refractivity contribution is -0.132. The monoisotopic (exact) mass is 545 g/mol. The molecular formula is C31H39N5O4. The van der Waals surface area contributed by atoms with E-state index in [1.54, 1.807) is 6.08 Å². The Morgan fingerprint density at radius 2 is 1.52 bits per heavy atom. The Balaban J connectivity index is 1.51. The molecule has 0 saturated heterocycles. The summed E-state index contributed by atoms with van der Waals surface area (Å²) in [5.41, 5.74) is 2.95. The highest BCUT2D eigenvalue weighted by atomic mass is 16.2. The fraction of sp³-hybridized carbons (Fsp3) is 0.355. The van der Waals surface area contributed by atoms with Gasteiger partial charge in [0.15, 0.2) is 0 Å². The summed E-state index contributed by atoms with van der Waals surface area (Å²) < 4.78 is 0. The minimum absolute atomic E-state index is 0.135. The lowest BCUT2D eigenvalue weighted by Crippen LogP contribution is -2.52. The van der Waals surface area contributed by atoms with Gasteiger partial charge in [-0.25, -0.2) is 0 Å². The SMILES string of the molecule is CC(C)(C)NC(=O)C[C@H](NC(=O)CCc1ccccc1)C(=O)NCCNC(=O)C1=CC(c2ccccc2)=CCN1. The zero-order valence-electron chi connectivity index (χ0n) is 23.4. The molecule has 9 nitrogen and oxygen atoms in total. The van der Waals surface area contributed by atoms with Crippen molar-refractivity contribution in [1.82, 2.24) is 26.6 Å². The van der Waals surface area contributed by atoms with Gasteiger partial charge in [-0.1, -0.05) is 66.7 Å². The average molecular weight is 546 g/mol. The molecule has 3 rings (SSSR count). The zero-order valence-corrected chi connectivity index (χ0v) is 23.4. The zero-order chi connectivity index (χ0) is 29.0. The van der Waals surface area contributed by atoms with E-state index in [9.17, 15) is 19.2 Å². The highest BCUT2D eigenvalue weighted by Crippen LogP contribution is 2.19. The summed E-state index contributed by atoms with van der Waals surface area (Å²) >= 11 is 0. The molecule has 0 unspecified atom stereocenters. The van der Waals surface area contributed by atoms with Gasteiger partial charge in [0, 0.05) is 31.6 Å². The number of allylic oxidation sites excluding steroid dienone is 2. The van der Waals surface area contributed by atoms with Crippen molar-refractivity contribution in [2.45, 2.75) is 51.6 Å². The van der Waals surface area contributed by atoms with E-state index >= 15 is 0 Å². The first kappa shape index (κ1) is 30.1. The maximum atomic E-state index is 13.0. The molecule has 1 heterocycles. The van der Waals surface area contributed by atoms with Crippen LogP contribution in [0.3, 0.4) is 0 Å². The standard InChI is InChI=1S/C31H39N5O4/c1-31(2,3)36-28(38)21-26(35-27(37)15-14-22-10-6-4-7-11-22)30(40)34-19-18-33-29(39)25-20-24(16-17-32-25)23-12-8-5-9-13-23/h4-13,16,20,26,32H,14-15,17-19,21H2,1-3H3,(H,33,39)(H,34,40)(H,35,37)(H,36,38)/t26-/m0/s1. The molecule has 0 radical (unpaired) electrons. The van der Waals surface area contributed by atoms with Gasteiger partial charge in [0.2, 0.25) is 17.7 Å². The molecule has 0 aromatic heterocycles. The van der Waals surface area contributed by atoms with Crippen molar-refractivity contribution in [2.75, 3.05) is 19.6 Å². The van der Waals surface area contributed by atoms with Crippen LogP contribution in [0.5, 0.6) is 0 Å². The van der Waals surface area contributed by atoms with Crippen molar-refractivity contribution < 1.29 is 19.2 Å². The quantitative estimate of drug-likeness (QED) is 0.261. The lowest BCUT2D eigenvalue weighted by Gasteiger charge is -2.23. The Morgan fingerprint density at radius 1 is 0.875 bits per heavy atom. The Bertz CT molecular complexity index is 1230. The molecule has 0 aliphatic carbocycles. The van der Waals surface area contributed by atoms with E-state index < -0.39 is 17.5 Å². The van der Waals surface area contributed by atoms with Crippen LogP contribution >= 0.6 is 0 Å². The highest BCUT2D eigenvalue weighted by Gasteiger charge is 2.25. The van der Waals surface area contributed by atoms with E-state index in [2.05, 4.69) is 26.6 Å². The summed E-state index contributed by atoms with van der Waals surface area (Å²) in [4.78, 5) is 50.8. The van der Waals surface area contributed by atoms with E-state index in [-0.39, 0.29) is 43.7 Å². The summed E-state index contributed by atoms with van der Waals surface area (Å²) in [5, 5.41) is 14.1. The van der Waals surface area contributed by atoms with E-state index in [0.717, 1.165) is 16.7 Å². The fourth-order valence-electron chi connectivity index (χ4n) is 4.13. The van der Waals surface area contributed by atoms with E-state index in [4.69, 9.17) is 0 Å². The van der Waals surface area contributed by atoms with Crippen LogP contribution in [0.4, 0.5) is 0 Å². The second-order valence-corrected chi connectivity index (χ2v) is 10.6. The molecule has 5 N–H and O–H groups in total. The van der Waals surface area contributed by atoms with Crippen molar-refractivity contribution >= 4 is 29.2 Å². The number of rotatable bonds is 12. The van der Waals surface area contributed by atoms with E-state index in [1.165, 1.54) is 0 Å². The molecule has 0 bridgehead atoms.